The number of hydrogen-bond acceptors (Lipinski definition) is 5. The molecule has 7 heteroatoms. The van der Waals surface area contributed by atoms with Gasteiger partial charge in [0, 0.05) is 24.2 Å². The minimum atomic E-state index is -0.502. The lowest BCUT2D eigenvalue weighted by atomic mass is 10.2. The second-order valence-electron chi connectivity index (χ2n) is 4.40. The Morgan fingerprint density at radius 2 is 2.40 bits per heavy atom. The lowest BCUT2D eigenvalue weighted by Crippen LogP contribution is -2.21. The molecular formula is C13H14N4O3. The molecule has 0 atom stereocenters. The summed E-state index contributed by atoms with van der Waals surface area (Å²) in [5.41, 5.74) is 0.946. The average Bonchev–Trinajstić information content (AvgIpc) is 2.90. The summed E-state index contributed by atoms with van der Waals surface area (Å²) in [6.45, 7) is 3.36. The maximum Gasteiger partial charge on any atom is 0.411 e. The zero-order chi connectivity index (χ0) is 14.1. The van der Waals surface area contributed by atoms with E-state index >= 15 is 0 Å². The van der Waals surface area contributed by atoms with Gasteiger partial charge in [-0.1, -0.05) is 0 Å². The van der Waals surface area contributed by atoms with Gasteiger partial charge in [0.25, 0.3) is 0 Å². The number of hydrogen-bond donors (Lipinski definition) is 2. The Balaban J connectivity index is 2.05. The van der Waals surface area contributed by atoms with E-state index in [9.17, 15) is 9.59 Å². The number of benzene rings is 1. The predicted octanol–water partition coefficient (Wildman–Crippen LogP) is 1.39. The van der Waals surface area contributed by atoms with E-state index in [0.29, 0.717) is 30.9 Å². The van der Waals surface area contributed by atoms with E-state index in [1.54, 1.807) is 29.7 Å². The van der Waals surface area contributed by atoms with Gasteiger partial charge in [-0.3, -0.25) is 9.88 Å². The van der Waals surface area contributed by atoms with Crippen LogP contribution in [0.5, 0.6) is 0 Å². The molecule has 1 aromatic heterocycles. The summed E-state index contributed by atoms with van der Waals surface area (Å²) in [5, 5.41) is 6.61. The lowest BCUT2D eigenvalue weighted by Gasteiger charge is -2.09. The number of fused-ring (bicyclic) bond motifs is 3. The summed E-state index contributed by atoms with van der Waals surface area (Å²) >= 11 is 0. The molecule has 2 heterocycles. The smallest absolute Gasteiger partial charge is 0.411 e. The van der Waals surface area contributed by atoms with Gasteiger partial charge in [-0.25, -0.2) is 9.59 Å². The molecule has 0 saturated heterocycles. The molecule has 20 heavy (non-hydrogen) atoms. The third kappa shape index (κ3) is 2.07. The molecule has 1 amide bonds. The van der Waals surface area contributed by atoms with E-state index in [0.717, 1.165) is 11.2 Å². The molecule has 2 N–H and O–H groups in total. The largest absolute Gasteiger partial charge is 0.450 e. The zero-order valence-electron chi connectivity index (χ0n) is 11.0. The molecule has 7 nitrogen and oxygen atoms in total. The molecular weight excluding hydrogens is 260 g/mol. The molecule has 0 unspecified atom stereocenters. The standard InChI is InChI=1S/C13H14N4O3/c1-2-20-13(19)15-8-3-4-10-9(7-8)11-14-5-6-17(11)12(18)16-10/h3-4,7,14H,2,5-6H2,1H3,(H,15,19). The van der Waals surface area contributed by atoms with Crippen molar-refractivity contribution in [3.8, 4) is 0 Å². The summed E-state index contributed by atoms with van der Waals surface area (Å²) < 4.78 is 6.43. The normalized spacial score (nSPS) is 12.8. The van der Waals surface area contributed by atoms with Gasteiger partial charge in [0.1, 0.15) is 5.82 Å². The van der Waals surface area contributed by atoms with Crippen molar-refractivity contribution in [3.05, 3.63) is 28.7 Å². The summed E-state index contributed by atoms with van der Waals surface area (Å²) in [5.74, 6) is 0.743. The molecule has 0 spiro atoms. The van der Waals surface area contributed by atoms with Crippen LogP contribution in [0.3, 0.4) is 0 Å². The Morgan fingerprint density at radius 3 is 3.20 bits per heavy atom. The molecule has 1 aliphatic rings. The van der Waals surface area contributed by atoms with Gasteiger partial charge in [0.2, 0.25) is 0 Å². The first-order valence-electron chi connectivity index (χ1n) is 6.41. The van der Waals surface area contributed by atoms with Crippen LogP contribution in [-0.2, 0) is 11.3 Å². The van der Waals surface area contributed by atoms with E-state index in [2.05, 4.69) is 15.6 Å². The van der Waals surface area contributed by atoms with Crippen LogP contribution in [0.1, 0.15) is 6.92 Å². The first-order valence-corrected chi connectivity index (χ1v) is 6.41. The molecule has 0 aliphatic carbocycles. The molecule has 0 saturated carbocycles. The number of rotatable bonds is 2. The number of amides is 1. The Labute approximate surface area is 114 Å². The molecule has 0 bridgehead atoms. The summed E-state index contributed by atoms with van der Waals surface area (Å²) in [6, 6.07) is 5.18. The molecule has 104 valence electrons. The zero-order valence-corrected chi connectivity index (χ0v) is 11.0. The van der Waals surface area contributed by atoms with Crippen LogP contribution in [0.25, 0.3) is 10.9 Å². The number of carbonyl (C=O) groups is 1. The quantitative estimate of drug-likeness (QED) is 0.864. The topological polar surface area (TPSA) is 85.2 Å². The maximum absolute atomic E-state index is 11.8. The van der Waals surface area contributed by atoms with Crippen molar-refractivity contribution < 1.29 is 9.53 Å². The Bertz CT molecular complexity index is 738. The average molecular weight is 274 g/mol. The number of nitrogens with zero attached hydrogens (tertiary/aromatic N) is 2. The van der Waals surface area contributed by atoms with E-state index in [-0.39, 0.29) is 5.69 Å². The monoisotopic (exact) mass is 274 g/mol. The van der Waals surface area contributed by atoms with Crippen LogP contribution in [-0.4, -0.2) is 28.8 Å². The highest BCUT2D eigenvalue weighted by Gasteiger charge is 2.16. The van der Waals surface area contributed by atoms with Crippen LogP contribution in [0.4, 0.5) is 16.3 Å². The van der Waals surface area contributed by atoms with Crippen LogP contribution in [0.2, 0.25) is 0 Å². The number of ether oxygens (including phenoxy) is 1. The molecule has 0 radical (unpaired) electrons. The highest BCUT2D eigenvalue weighted by molar-refractivity contribution is 5.95. The fraction of sp³-hybridized carbons (Fsp3) is 0.308. The second kappa shape index (κ2) is 4.84. The van der Waals surface area contributed by atoms with Crippen LogP contribution in [0.15, 0.2) is 23.0 Å². The molecule has 1 aromatic carbocycles. The highest BCUT2D eigenvalue weighted by atomic mass is 16.5. The van der Waals surface area contributed by atoms with E-state index in [1.165, 1.54) is 0 Å². The fourth-order valence-electron chi connectivity index (χ4n) is 2.27. The van der Waals surface area contributed by atoms with E-state index in [1.807, 2.05) is 0 Å². The second-order valence-corrected chi connectivity index (χ2v) is 4.40. The van der Waals surface area contributed by atoms with Gasteiger partial charge in [0.05, 0.1) is 12.1 Å². The van der Waals surface area contributed by atoms with Crippen molar-refractivity contribution in [2.24, 2.45) is 0 Å². The molecule has 0 fully saturated rings. The SMILES string of the molecule is CCOC(=O)Nc1ccc2nc(=O)n3c(c2c1)NCC3. The van der Waals surface area contributed by atoms with E-state index in [4.69, 9.17) is 4.74 Å². The summed E-state index contributed by atoms with van der Waals surface area (Å²) in [4.78, 5) is 27.2. The van der Waals surface area contributed by atoms with Gasteiger partial charge in [-0.05, 0) is 25.1 Å². The fourth-order valence-corrected chi connectivity index (χ4v) is 2.27. The van der Waals surface area contributed by atoms with Crippen LogP contribution in [0, 0.1) is 0 Å². The molecule has 2 aromatic rings. The van der Waals surface area contributed by atoms with E-state index < -0.39 is 6.09 Å². The highest BCUT2D eigenvalue weighted by Crippen LogP contribution is 2.25. The third-order valence-electron chi connectivity index (χ3n) is 3.12. The predicted molar refractivity (Wildman–Crippen MR) is 75.1 cm³/mol. The van der Waals surface area contributed by atoms with Crippen molar-refractivity contribution in [2.75, 3.05) is 23.8 Å². The van der Waals surface area contributed by atoms with Crippen molar-refractivity contribution in [3.63, 3.8) is 0 Å². The Morgan fingerprint density at radius 1 is 1.55 bits per heavy atom. The number of carbonyl (C=O) groups excluding carboxylic acids is 1. The number of anilines is 2. The Kier molecular flexibility index (Phi) is 3.02. The first-order chi connectivity index (χ1) is 9.69. The van der Waals surface area contributed by atoms with Crippen molar-refractivity contribution in [1.82, 2.24) is 9.55 Å². The number of aromatic nitrogens is 2. The lowest BCUT2D eigenvalue weighted by molar-refractivity contribution is 0.168. The first kappa shape index (κ1) is 12.5. The van der Waals surface area contributed by atoms with Gasteiger partial charge in [0.15, 0.2) is 0 Å². The van der Waals surface area contributed by atoms with Crippen molar-refractivity contribution in [2.45, 2.75) is 13.5 Å². The minimum absolute atomic E-state index is 0.261. The third-order valence-corrected chi connectivity index (χ3v) is 3.12. The molecule has 3 rings (SSSR count). The molecule has 1 aliphatic heterocycles. The summed E-state index contributed by atoms with van der Waals surface area (Å²) in [6.07, 6.45) is -0.502. The summed E-state index contributed by atoms with van der Waals surface area (Å²) in [7, 11) is 0. The van der Waals surface area contributed by atoms with Crippen molar-refractivity contribution in [1.29, 1.82) is 0 Å². The van der Waals surface area contributed by atoms with Crippen LogP contribution >= 0.6 is 0 Å². The van der Waals surface area contributed by atoms with Gasteiger partial charge < -0.3 is 10.1 Å². The van der Waals surface area contributed by atoms with Gasteiger partial charge in [-0.2, -0.15) is 4.98 Å². The minimum Gasteiger partial charge on any atom is -0.450 e. The van der Waals surface area contributed by atoms with Gasteiger partial charge in [-0.15, -0.1) is 0 Å². The number of nitrogens with one attached hydrogen (secondary N) is 2. The Hall–Kier alpha value is -2.57. The van der Waals surface area contributed by atoms with Gasteiger partial charge >= 0.3 is 11.8 Å². The maximum atomic E-state index is 11.8. The van der Waals surface area contributed by atoms with Crippen LogP contribution < -0.4 is 16.3 Å². The van der Waals surface area contributed by atoms with Crippen molar-refractivity contribution >= 4 is 28.5 Å².